The Morgan fingerprint density at radius 2 is 2.00 bits per heavy atom. The summed E-state index contributed by atoms with van der Waals surface area (Å²) in [5.74, 6) is -1.03. The van der Waals surface area contributed by atoms with Gasteiger partial charge in [-0.05, 0) is 33.8 Å². The van der Waals surface area contributed by atoms with Crippen molar-refractivity contribution in [2.24, 2.45) is 5.73 Å². The Bertz CT molecular complexity index is 728. The van der Waals surface area contributed by atoms with Gasteiger partial charge in [0, 0.05) is 25.7 Å². The molecule has 1 rings (SSSR count). The second-order valence-corrected chi connectivity index (χ2v) is 6.74. The second-order valence-electron chi connectivity index (χ2n) is 6.74. The SMILES string of the molecule is CN/C(=C(\N)c1cccc([N+](=O)[O-])c1F)C(C)N(C)C(=O)OC(C)(C)C. The smallest absolute Gasteiger partial charge is 0.410 e. The molecule has 0 aromatic heterocycles. The average Bonchev–Trinajstić information content (AvgIpc) is 2.52. The predicted octanol–water partition coefficient (Wildman–Crippen LogP) is 2.84. The molecule has 0 aliphatic rings. The quantitative estimate of drug-likeness (QED) is 0.611. The number of nitrogens with two attached hydrogens (primary N) is 1. The lowest BCUT2D eigenvalue weighted by molar-refractivity contribution is -0.387. The maximum atomic E-state index is 14.4. The molecule has 0 spiro atoms. The molecule has 0 radical (unpaired) electrons. The largest absolute Gasteiger partial charge is 0.444 e. The summed E-state index contributed by atoms with van der Waals surface area (Å²) in [6, 6.07) is 3.16. The summed E-state index contributed by atoms with van der Waals surface area (Å²) in [4.78, 5) is 23.6. The molecule has 0 aliphatic carbocycles. The molecular formula is C17H25FN4O4. The van der Waals surface area contributed by atoms with Crippen molar-refractivity contribution in [2.75, 3.05) is 14.1 Å². The van der Waals surface area contributed by atoms with Crippen molar-refractivity contribution in [1.29, 1.82) is 0 Å². The first-order chi connectivity index (χ1) is 11.9. The van der Waals surface area contributed by atoms with Crippen molar-refractivity contribution in [3.63, 3.8) is 0 Å². The first-order valence-electron chi connectivity index (χ1n) is 7.97. The van der Waals surface area contributed by atoms with Gasteiger partial charge in [-0.2, -0.15) is 4.39 Å². The minimum absolute atomic E-state index is 0.0309. The van der Waals surface area contributed by atoms with E-state index in [1.807, 2.05) is 0 Å². The van der Waals surface area contributed by atoms with Crippen LogP contribution in [-0.2, 0) is 4.74 Å². The van der Waals surface area contributed by atoms with Crippen molar-refractivity contribution in [2.45, 2.75) is 39.3 Å². The number of nitro benzene ring substituents is 1. The van der Waals surface area contributed by atoms with Crippen LogP contribution in [0.1, 0.15) is 33.3 Å². The molecule has 0 saturated carbocycles. The van der Waals surface area contributed by atoms with Crippen molar-refractivity contribution in [3.05, 3.63) is 45.4 Å². The van der Waals surface area contributed by atoms with E-state index in [1.54, 1.807) is 34.7 Å². The Kier molecular flexibility index (Phi) is 6.55. The number of nitrogens with one attached hydrogen (secondary N) is 1. The molecule has 0 saturated heterocycles. The molecule has 9 heteroatoms. The number of ether oxygens (including phenoxy) is 1. The lowest BCUT2D eigenvalue weighted by atomic mass is 10.0. The predicted molar refractivity (Wildman–Crippen MR) is 96.7 cm³/mol. The average molecular weight is 368 g/mol. The van der Waals surface area contributed by atoms with Crippen molar-refractivity contribution in [1.82, 2.24) is 10.2 Å². The molecule has 1 atom stereocenters. The third kappa shape index (κ3) is 4.84. The number of benzene rings is 1. The molecule has 8 nitrogen and oxygen atoms in total. The zero-order chi connectivity index (χ0) is 20.2. The van der Waals surface area contributed by atoms with E-state index in [4.69, 9.17) is 10.5 Å². The number of nitro groups is 1. The van der Waals surface area contributed by atoms with Crippen LogP contribution in [0.25, 0.3) is 5.70 Å². The van der Waals surface area contributed by atoms with Gasteiger partial charge in [-0.15, -0.1) is 0 Å². The highest BCUT2D eigenvalue weighted by molar-refractivity contribution is 5.72. The lowest BCUT2D eigenvalue weighted by Crippen LogP contribution is -2.43. The van der Waals surface area contributed by atoms with Crippen molar-refractivity contribution in [3.8, 4) is 0 Å². The lowest BCUT2D eigenvalue weighted by Gasteiger charge is -2.30. The van der Waals surface area contributed by atoms with Gasteiger partial charge in [0.1, 0.15) is 5.60 Å². The van der Waals surface area contributed by atoms with Crippen LogP contribution in [0.15, 0.2) is 23.9 Å². The summed E-state index contributed by atoms with van der Waals surface area (Å²) in [7, 11) is 3.09. The molecule has 0 bridgehead atoms. The fourth-order valence-electron chi connectivity index (χ4n) is 2.27. The number of likely N-dealkylation sites (N-methyl/N-ethyl adjacent to an activating group) is 2. The van der Waals surface area contributed by atoms with Crippen LogP contribution < -0.4 is 11.1 Å². The van der Waals surface area contributed by atoms with Crippen molar-refractivity contribution < 1.29 is 18.8 Å². The van der Waals surface area contributed by atoms with Gasteiger partial charge in [-0.25, -0.2) is 4.79 Å². The van der Waals surface area contributed by atoms with Crippen LogP contribution in [-0.4, -0.2) is 41.7 Å². The molecule has 3 N–H and O–H groups in total. The number of carbonyl (C=O) groups is 1. The zero-order valence-corrected chi connectivity index (χ0v) is 15.8. The van der Waals surface area contributed by atoms with E-state index in [2.05, 4.69) is 5.32 Å². The molecule has 1 unspecified atom stereocenters. The highest BCUT2D eigenvalue weighted by atomic mass is 19.1. The van der Waals surface area contributed by atoms with Gasteiger partial charge in [0.25, 0.3) is 0 Å². The number of amides is 1. The summed E-state index contributed by atoms with van der Waals surface area (Å²) < 4.78 is 19.7. The highest BCUT2D eigenvalue weighted by Gasteiger charge is 2.27. The Balaban J connectivity index is 3.29. The standard InChI is InChI=1S/C17H25FN4O4/c1-10(21(6)16(23)26-17(2,3)4)15(20-5)14(19)11-8-7-9-12(13(11)18)22(24)25/h7-10,20H,19H2,1-6H3/b15-14-. The first-order valence-corrected chi connectivity index (χ1v) is 7.97. The van der Waals surface area contributed by atoms with Crippen LogP contribution in [0.2, 0.25) is 0 Å². The number of rotatable bonds is 5. The normalized spacial score (nSPS) is 13.5. The summed E-state index contributed by atoms with van der Waals surface area (Å²) in [6.45, 7) is 6.90. The number of hydrogen-bond acceptors (Lipinski definition) is 6. The first kappa shape index (κ1) is 21.2. The van der Waals surface area contributed by atoms with Gasteiger partial charge >= 0.3 is 11.8 Å². The van der Waals surface area contributed by atoms with E-state index in [0.717, 1.165) is 6.07 Å². The third-order valence-corrected chi connectivity index (χ3v) is 3.70. The van der Waals surface area contributed by atoms with Gasteiger partial charge in [0.15, 0.2) is 0 Å². The summed E-state index contributed by atoms with van der Waals surface area (Å²) in [6.07, 6.45) is -0.579. The van der Waals surface area contributed by atoms with Crippen LogP contribution in [0.5, 0.6) is 0 Å². The molecule has 0 heterocycles. The third-order valence-electron chi connectivity index (χ3n) is 3.70. The fourth-order valence-corrected chi connectivity index (χ4v) is 2.27. The van der Waals surface area contributed by atoms with Gasteiger partial charge in [-0.1, -0.05) is 6.07 Å². The Hall–Kier alpha value is -2.84. The van der Waals surface area contributed by atoms with E-state index < -0.39 is 34.2 Å². The van der Waals surface area contributed by atoms with E-state index in [0.29, 0.717) is 5.70 Å². The van der Waals surface area contributed by atoms with Crippen LogP contribution >= 0.6 is 0 Å². The summed E-state index contributed by atoms with van der Waals surface area (Å²) >= 11 is 0. The van der Waals surface area contributed by atoms with E-state index in [-0.39, 0.29) is 11.3 Å². The number of carbonyl (C=O) groups excluding carboxylic acids is 1. The molecule has 1 aromatic rings. The van der Waals surface area contributed by atoms with Gasteiger partial charge in [-0.3, -0.25) is 10.1 Å². The van der Waals surface area contributed by atoms with Gasteiger partial charge in [0.2, 0.25) is 5.82 Å². The minimum Gasteiger partial charge on any atom is -0.444 e. The topological polar surface area (TPSA) is 111 Å². The highest BCUT2D eigenvalue weighted by Crippen LogP contribution is 2.26. The molecule has 0 aliphatic heterocycles. The molecule has 0 fully saturated rings. The molecule has 1 amide bonds. The van der Waals surface area contributed by atoms with E-state index >= 15 is 0 Å². The number of nitrogens with zero attached hydrogens (tertiary/aromatic N) is 2. The molecule has 144 valence electrons. The Morgan fingerprint density at radius 3 is 2.46 bits per heavy atom. The van der Waals surface area contributed by atoms with Gasteiger partial charge < -0.3 is 20.7 Å². The van der Waals surface area contributed by atoms with Crippen molar-refractivity contribution >= 4 is 17.5 Å². The fraction of sp³-hybridized carbons (Fsp3) is 0.471. The number of hydrogen-bond donors (Lipinski definition) is 2. The van der Waals surface area contributed by atoms with E-state index in [1.165, 1.54) is 24.1 Å². The Morgan fingerprint density at radius 1 is 1.42 bits per heavy atom. The Labute approximate surface area is 151 Å². The summed E-state index contributed by atoms with van der Waals surface area (Å²) in [5, 5.41) is 13.8. The molecule has 26 heavy (non-hydrogen) atoms. The van der Waals surface area contributed by atoms with Crippen LogP contribution in [0.3, 0.4) is 0 Å². The maximum absolute atomic E-state index is 14.4. The molecular weight excluding hydrogens is 343 g/mol. The van der Waals surface area contributed by atoms with E-state index in [9.17, 15) is 19.3 Å². The summed E-state index contributed by atoms with van der Waals surface area (Å²) in [5.41, 5.74) is 4.90. The zero-order valence-electron chi connectivity index (χ0n) is 15.8. The second kappa shape index (κ2) is 8.03. The monoisotopic (exact) mass is 368 g/mol. The minimum atomic E-state index is -1.03. The maximum Gasteiger partial charge on any atom is 0.410 e. The van der Waals surface area contributed by atoms with Crippen LogP contribution in [0, 0.1) is 15.9 Å². The molecule has 1 aromatic carbocycles. The van der Waals surface area contributed by atoms with Gasteiger partial charge in [0.05, 0.1) is 22.4 Å². The van der Waals surface area contributed by atoms with Crippen LogP contribution in [0.4, 0.5) is 14.9 Å². The number of halogens is 1.